The van der Waals surface area contributed by atoms with E-state index in [2.05, 4.69) is 10.6 Å². The molecule has 1 aromatic carbocycles. The average molecular weight is 306 g/mol. The van der Waals surface area contributed by atoms with Crippen molar-refractivity contribution in [3.05, 3.63) is 35.9 Å². The van der Waals surface area contributed by atoms with Crippen LogP contribution in [-0.2, 0) is 20.7 Å². The van der Waals surface area contributed by atoms with E-state index < -0.39 is 23.3 Å². The molecule has 2 rings (SSSR count). The number of nitrogens with one attached hydrogen (secondary N) is 2. The minimum atomic E-state index is -2.05. The fraction of sp³-hybridized carbons (Fsp3) is 0.500. The van der Waals surface area contributed by atoms with Crippen molar-refractivity contribution in [2.45, 2.75) is 38.1 Å². The number of amides is 1. The lowest BCUT2D eigenvalue weighted by molar-refractivity contribution is -0.210. The SMILES string of the molecule is CNC1(CC(C)C)OC(=O)C(O)(Cc2ccccc2)NC1=O. The summed E-state index contributed by atoms with van der Waals surface area (Å²) >= 11 is 0. The average Bonchev–Trinajstić information content (AvgIpc) is 2.45. The molecule has 0 aliphatic carbocycles. The summed E-state index contributed by atoms with van der Waals surface area (Å²) in [5.74, 6) is -1.26. The van der Waals surface area contributed by atoms with Crippen molar-refractivity contribution in [1.82, 2.24) is 10.6 Å². The van der Waals surface area contributed by atoms with Gasteiger partial charge in [-0.2, -0.15) is 0 Å². The van der Waals surface area contributed by atoms with Crippen molar-refractivity contribution in [3.63, 3.8) is 0 Å². The monoisotopic (exact) mass is 306 g/mol. The van der Waals surface area contributed by atoms with E-state index in [-0.39, 0.29) is 12.3 Å². The number of aliphatic hydroxyl groups is 1. The maximum absolute atomic E-state index is 12.4. The number of cyclic esters (lactones) is 1. The van der Waals surface area contributed by atoms with Crippen LogP contribution in [0.25, 0.3) is 0 Å². The molecule has 0 aromatic heterocycles. The third kappa shape index (κ3) is 3.13. The number of morpholine rings is 1. The summed E-state index contributed by atoms with van der Waals surface area (Å²) < 4.78 is 5.32. The predicted molar refractivity (Wildman–Crippen MR) is 80.6 cm³/mol. The first-order chi connectivity index (χ1) is 10.3. The van der Waals surface area contributed by atoms with Gasteiger partial charge in [0.15, 0.2) is 0 Å². The quantitative estimate of drug-likeness (QED) is 0.692. The highest BCUT2D eigenvalue weighted by Crippen LogP contribution is 2.27. The lowest BCUT2D eigenvalue weighted by Crippen LogP contribution is -2.73. The Kier molecular flexibility index (Phi) is 4.53. The molecule has 22 heavy (non-hydrogen) atoms. The summed E-state index contributed by atoms with van der Waals surface area (Å²) in [7, 11) is 1.55. The number of rotatable bonds is 5. The van der Waals surface area contributed by atoms with E-state index in [9.17, 15) is 14.7 Å². The van der Waals surface area contributed by atoms with Crippen molar-refractivity contribution >= 4 is 11.9 Å². The molecule has 1 aliphatic heterocycles. The van der Waals surface area contributed by atoms with Gasteiger partial charge >= 0.3 is 5.97 Å². The first-order valence-corrected chi connectivity index (χ1v) is 7.32. The third-order valence-electron chi connectivity index (χ3n) is 3.69. The van der Waals surface area contributed by atoms with Crippen molar-refractivity contribution in [3.8, 4) is 0 Å². The first kappa shape index (κ1) is 16.5. The summed E-state index contributed by atoms with van der Waals surface area (Å²) in [6, 6.07) is 8.97. The smallest absolute Gasteiger partial charge is 0.362 e. The topological polar surface area (TPSA) is 87.7 Å². The molecule has 0 bridgehead atoms. The molecule has 6 heteroatoms. The van der Waals surface area contributed by atoms with Gasteiger partial charge in [-0.1, -0.05) is 44.2 Å². The summed E-state index contributed by atoms with van der Waals surface area (Å²) in [5.41, 5.74) is -2.76. The zero-order valence-electron chi connectivity index (χ0n) is 13.1. The molecule has 2 atom stereocenters. The second-order valence-corrected chi connectivity index (χ2v) is 6.04. The standard InChI is InChI=1S/C16H22N2O4/c1-11(2)9-16(17-3)13(19)18-15(21,14(20)22-16)10-12-7-5-4-6-8-12/h4-8,11,17,21H,9-10H2,1-3H3,(H,18,19). The summed E-state index contributed by atoms with van der Waals surface area (Å²) in [6.45, 7) is 3.84. The van der Waals surface area contributed by atoms with Crippen LogP contribution in [0.1, 0.15) is 25.8 Å². The maximum atomic E-state index is 12.4. The zero-order chi connectivity index (χ0) is 16.4. The number of carbonyl (C=O) groups is 2. The Balaban J connectivity index is 2.22. The number of hydrogen-bond donors (Lipinski definition) is 3. The second kappa shape index (κ2) is 6.06. The number of ether oxygens (including phenoxy) is 1. The van der Waals surface area contributed by atoms with Crippen molar-refractivity contribution in [1.29, 1.82) is 0 Å². The van der Waals surface area contributed by atoms with Crippen molar-refractivity contribution in [2.75, 3.05) is 7.05 Å². The van der Waals surface area contributed by atoms with Crippen LogP contribution in [0.5, 0.6) is 0 Å². The maximum Gasteiger partial charge on any atom is 0.362 e. The summed E-state index contributed by atoms with van der Waals surface area (Å²) in [6.07, 6.45) is 0.280. The van der Waals surface area contributed by atoms with Crippen LogP contribution in [0.4, 0.5) is 0 Å². The van der Waals surface area contributed by atoms with E-state index >= 15 is 0 Å². The molecule has 0 saturated carbocycles. The van der Waals surface area contributed by atoms with Gasteiger partial charge in [-0.25, -0.2) is 4.79 Å². The van der Waals surface area contributed by atoms with E-state index in [0.717, 1.165) is 5.56 Å². The lowest BCUT2D eigenvalue weighted by Gasteiger charge is -2.42. The fourth-order valence-electron chi connectivity index (χ4n) is 2.61. The van der Waals surface area contributed by atoms with Crippen molar-refractivity contribution in [2.24, 2.45) is 5.92 Å². The van der Waals surface area contributed by atoms with E-state index in [0.29, 0.717) is 6.42 Å². The van der Waals surface area contributed by atoms with Crippen LogP contribution in [0.3, 0.4) is 0 Å². The van der Waals surface area contributed by atoms with Crippen LogP contribution >= 0.6 is 0 Å². The third-order valence-corrected chi connectivity index (χ3v) is 3.69. The lowest BCUT2D eigenvalue weighted by atomic mass is 9.94. The predicted octanol–water partition coefficient (Wildman–Crippen LogP) is 0.552. The minimum Gasteiger partial charge on any atom is -0.431 e. The molecule has 0 radical (unpaired) electrons. The first-order valence-electron chi connectivity index (χ1n) is 7.32. The van der Waals surface area contributed by atoms with E-state index in [4.69, 9.17) is 4.74 Å². The number of benzene rings is 1. The van der Waals surface area contributed by atoms with Crippen LogP contribution in [-0.4, -0.2) is 35.5 Å². The van der Waals surface area contributed by atoms with Crippen LogP contribution in [0.2, 0.25) is 0 Å². The zero-order valence-corrected chi connectivity index (χ0v) is 13.1. The molecule has 6 nitrogen and oxygen atoms in total. The van der Waals surface area contributed by atoms with Gasteiger partial charge in [-0.3, -0.25) is 10.1 Å². The molecule has 120 valence electrons. The Labute approximate surface area is 129 Å². The normalized spacial score (nSPS) is 28.4. The van der Waals surface area contributed by atoms with Gasteiger partial charge in [-0.15, -0.1) is 0 Å². The molecule has 1 aliphatic rings. The Bertz CT molecular complexity index is 561. The highest BCUT2D eigenvalue weighted by molar-refractivity contribution is 5.96. The molecule has 1 saturated heterocycles. The Morgan fingerprint density at radius 3 is 2.45 bits per heavy atom. The van der Waals surface area contributed by atoms with E-state index in [1.807, 2.05) is 19.9 Å². The molecular weight excluding hydrogens is 284 g/mol. The highest BCUT2D eigenvalue weighted by Gasteiger charge is 2.55. The molecular formula is C16H22N2O4. The second-order valence-electron chi connectivity index (χ2n) is 6.04. The van der Waals surface area contributed by atoms with Gasteiger partial charge < -0.3 is 15.2 Å². The van der Waals surface area contributed by atoms with E-state index in [1.165, 1.54) is 0 Å². The van der Waals surface area contributed by atoms with Crippen LogP contribution in [0.15, 0.2) is 30.3 Å². The molecule has 0 spiro atoms. The molecule has 1 fully saturated rings. The largest absolute Gasteiger partial charge is 0.431 e. The molecule has 2 unspecified atom stereocenters. The van der Waals surface area contributed by atoms with Gasteiger partial charge in [-0.05, 0) is 18.5 Å². The van der Waals surface area contributed by atoms with Gasteiger partial charge in [0.2, 0.25) is 11.4 Å². The number of carbonyl (C=O) groups excluding carboxylic acids is 2. The fourth-order valence-corrected chi connectivity index (χ4v) is 2.61. The summed E-state index contributed by atoms with van der Waals surface area (Å²) in [4.78, 5) is 24.7. The number of esters is 1. The molecule has 1 amide bonds. The molecule has 3 N–H and O–H groups in total. The van der Waals surface area contributed by atoms with Gasteiger partial charge in [0, 0.05) is 12.8 Å². The van der Waals surface area contributed by atoms with Crippen molar-refractivity contribution < 1.29 is 19.4 Å². The van der Waals surface area contributed by atoms with E-state index in [1.54, 1.807) is 31.3 Å². The molecule has 1 heterocycles. The number of hydrogen-bond acceptors (Lipinski definition) is 5. The van der Waals surface area contributed by atoms with Crippen LogP contribution in [0, 0.1) is 5.92 Å². The minimum absolute atomic E-state index is 0.0418. The van der Waals surface area contributed by atoms with Gasteiger partial charge in [0.25, 0.3) is 5.91 Å². The van der Waals surface area contributed by atoms with Gasteiger partial charge in [0.05, 0.1) is 0 Å². The Morgan fingerprint density at radius 1 is 1.27 bits per heavy atom. The highest BCUT2D eigenvalue weighted by atomic mass is 16.6. The Morgan fingerprint density at radius 2 is 1.91 bits per heavy atom. The molecule has 1 aromatic rings. The Hall–Kier alpha value is -1.92. The summed E-state index contributed by atoms with van der Waals surface area (Å²) in [5, 5.41) is 15.7. The van der Waals surface area contributed by atoms with Gasteiger partial charge in [0.1, 0.15) is 0 Å². The number of likely N-dealkylation sites (N-methyl/N-ethyl adjacent to an activating group) is 1. The van der Waals surface area contributed by atoms with Crippen LogP contribution < -0.4 is 10.6 Å².